The standard InChI is InChI=1S/C21H18ClNO2/c1-25-18-14-8-13-17(19(18)22)23-20(15-9-4-2-5-10-15)21(24)16-11-6-3-7-12-16/h2-14,20,23H,1H3. The highest BCUT2D eigenvalue weighted by Gasteiger charge is 2.23. The van der Waals surface area contributed by atoms with Gasteiger partial charge in [-0.2, -0.15) is 0 Å². The molecule has 0 aliphatic carbocycles. The molecule has 0 amide bonds. The van der Waals surface area contributed by atoms with Crippen molar-refractivity contribution in [1.29, 1.82) is 0 Å². The first kappa shape index (κ1) is 17.1. The van der Waals surface area contributed by atoms with Crippen LogP contribution in [-0.4, -0.2) is 12.9 Å². The number of ether oxygens (including phenoxy) is 1. The van der Waals surface area contributed by atoms with Gasteiger partial charge in [-0.1, -0.05) is 78.3 Å². The summed E-state index contributed by atoms with van der Waals surface area (Å²) in [4.78, 5) is 13.1. The third-order valence-electron chi connectivity index (χ3n) is 3.94. The Labute approximate surface area is 152 Å². The van der Waals surface area contributed by atoms with E-state index >= 15 is 0 Å². The van der Waals surface area contributed by atoms with Gasteiger partial charge < -0.3 is 10.1 Å². The van der Waals surface area contributed by atoms with Crippen LogP contribution in [0.3, 0.4) is 0 Å². The van der Waals surface area contributed by atoms with Crippen LogP contribution in [0.1, 0.15) is 22.0 Å². The zero-order chi connectivity index (χ0) is 17.6. The molecule has 0 aliphatic rings. The highest BCUT2D eigenvalue weighted by Crippen LogP contribution is 2.34. The maximum Gasteiger partial charge on any atom is 0.189 e. The van der Waals surface area contributed by atoms with E-state index in [1.807, 2.05) is 72.8 Å². The molecule has 3 aromatic carbocycles. The number of carbonyl (C=O) groups is 1. The van der Waals surface area contributed by atoms with Gasteiger partial charge in [-0.3, -0.25) is 4.79 Å². The molecule has 1 N–H and O–H groups in total. The number of nitrogens with one attached hydrogen (secondary N) is 1. The van der Waals surface area contributed by atoms with Crippen molar-refractivity contribution in [3.63, 3.8) is 0 Å². The summed E-state index contributed by atoms with van der Waals surface area (Å²) in [6.07, 6.45) is 0. The molecule has 25 heavy (non-hydrogen) atoms. The van der Waals surface area contributed by atoms with Crippen molar-refractivity contribution in [2.75, 3.05) is 12.4 Å². The molecule has 0 spiro atoms. The number of rotatable bonds is 6. The highest BCUT2D eigenvalue weighted by atomic mass is 35.5. The Kier molecular flexibility index (Phi) is 5.36. The molecule has 4 heteroatoms. The summed E-state index contributed by atoms with van der Waals surface area (Å²) >= 11 is 6.39. The van der Waals surface area contributed by atoms with E-state index < -0.39 is 6.04 Å². The zero-order valence-corrected chi connectivity index (χ0v) is 14.5. The fourth-order valence-corrected chi connectivity index (χ4v) is 2.91. The van der Waals surface area contributed by atoms with Gasteiger partial charge in [0.25, 0.3) is 0 Å². The summed E-state index contributed by atoms with van der Waals surface area (Å²) in [5, 5.41) is 3.73. The molecule has 0 saturated heterocycles. The summed E-state index contributed by atoms with van der Waals surface area (Å²) in [7, 11) is 1.56. The number of hydrogen-bond donors (Lipinski definition) is 1. The predicted molar refractivity (Wildman–Crippen MR) is 102 cm³/mol. The van der Waals surface area contributed by atoms with E-state index in [9.17, 15) is 4.79 Å². The first-order valence-electron chi connectivity index (χ1n) is 7.94. The van der Waals surface area contributed by atoms with Crippen LogP contribution in [0.15, 0.2) is 78.9 Å². The van der Waals surface area contributed by atoms with Crippen LogP contribution in [0.2, 0.25) is 5.02 Å². The highest BCUT2D eigenvalue weighted by molar-refractivity contribution is 6.34. The van der Waals surface area contributed by atoms with Crippen LogP contribution in [0.4, 0.5) is 5.69 Å². The second-order valence-electron chi connectivity index (χ2n) is 5.54. The average molecular weight is 352 g/mol. The minimum atomic E-state index is -0.548. The van der Waals surface area contributed by atoms with Crippen molar-refractivity contribution in [1.82, 2.24) is 0 Å². The molecule has 3 rings (SSSR count). The zero-order valence-electron chi connectivity index (χ0n) is 13.8. The van der Waals surface area contributed by atoms with Crippen molar-refractivity contribution in [2.24, 2.45) is 0 Å². The molecule has 0 fully saturated rings. The Morgan fingerprint density at radius 1 is 0.920 bits per heavy atom. The minimum absolute atomic E-state index is 0.0225. The summed E-state index contributed by atoms with van der Waals surface area (Å²) < 4.78 is 5.26. The van der Waals surface area contributed by atoms with Crippen molar-refractivity contribution in [3.8, 4) is 5.75 Å². The number of methoxy groups -OCH3 is 1. The number of benzene rings is 3. The molecule has 3 aromatic rings. The van der Waals surface area contributed by atoms with Crippen LogP contribution in [0, 0.1) is 0 Å². The van der Waals surface area contributed by atoms with Gasteiger partial charge in [0.2, 0.25) is 0 Å². The van der Waals surface area contributed by atoms with Crippen LogP contribution >= 0.6 is 11.6 Å². The quantitative estimate of drug-likeness (QED) is 0.605. The predicted octanol–water partition coefficient (Wildman–Crippen LogP) is 5.38. The largest absolute Gasteiger partial charge is 0.495 e. The lowest BCUT2D eigenvalue weighted by atomic mass is 9.97. The lowest BCUT2D eigenvalue weighted by Gasteiger charge is -2.21. The molecule has 1 unspecified atom stereocenters. The molecule has 0 aliphatic heterocycles. The van der Waals surface area contributed by atoms with Crippen LogP contribution < -0.4 is 10.1 Å². The van der Waals surface area contributed by atoms with E-state index in [0.29, 0.717) is 22.0 Å². The first-order chi connectivity index (χ1) is 12.2. The van der Waals surface area contributed by atoms with Crippen molar-refractivity contribution in [3.05, 3.63) is 95.0 Å². The van der Waals surface area contributed by atoms with E-state index in [0.717, 1.165) is 5.56 Å². The third-order valence-corrected chi connectivity index (χ3v) is 4.33. The van der Waals surface area contributed by atoms with Gasteiger partial charge in [0, 0.05) is 5.56 Å². The summed E-state index contributed by atoms with van der Waals surface area (Å²) in [5.41, 5.74) is 2.16. The number of ketones is 1. The molecule has 0 aromatic heterocycles. The molecule has 3 nitrogen and oxygen atoms in total. The fourth-order valence-electron chi connectivity index (χ4n) is 2.65. The third kappa shape index (κ3) is 3.83. The monoisotopic (exact) mass is 351 g/mol. The minimum Gasteiger partial charge on any atom is -0.495 e. The maximum atomic E-state index is 13.1. The van der Waals surface area contributed by atoms with E-state index in [1.54, 1.807) is 13.2 Å². The number of anilines is 1. The molecule has 1 atom stereocenters. The Morgan fingerprint density at radius 3 is 2.20 bits per heavy atom. The van der Waals surface area contributed by atoms with Crippen LogP contribution in [0.5, 0.6) is 5.75 Å². The van der Waals surface area contributed by atoms with E-state index in [4.69, 9.17) is 16.3 Å². The molecule has 126 valence electrons. The fraction of sp³-hybridized carbons (Fsp3) is 0.0952. The number of halogens is 1. The second-order valence-corrected chi connectivity index (χ2v) is 5.92. The van der Waals surface area contributed by atoms with Crippen molar-refractivity contribution < 1.29 is 9.53 Å². The topological polar surface area (TPSA) is 38.3 Å². The summed E-state index contributed by atoms with van der Waals surface area (Å²) in [6, 6.07) is 23.7. The maximum absolute atomic E-state index is 13.1. The molecular formula is C21H18ClNO2. The number of hydrogen-bond acceptors (Lipinski definition) is 3. The van der Waals surface area contributed by atoms with Gasteiger partial charge in [-0.15, -0.1) is 0 Å². The lowest BCUT2D eigenvalue weighted by Crippen LogP contribution is -2.21. The Morgan fingerprint density at radius 2 is 1.56 bits per heavy atom. The number of carbonyl (C=O) groups excluding carboxylic acids is 1. The summed E-state index contributed by atoms with van der Waals surface area (Å²) in [5.74, 6) is 0.538. The van der Waals surface area contributed by atoms with E-state index in [1.165, 1.54) is 0 Å². The van der Waals surface area contributed by atoms with Gasteiger partial charge >= 0.3 is 0 Å². The van der Waals surface area contributed by atoms with Gasteiger partial charge in [-0.05, 0) is 17.7 Å². The molecule has 0 bridgehead atoms. The number of Topliss-reactive ketones (excluding diaryl/α,β-unsaturated/α-hetero) is 1. The van der Waals surface area contributed by atoms with Gasteiger partial charge in [0.1, 0.15) is 16.8 Å². The van der Waals surface area contributed by atoms with Gasteiger partial charge in [0.05, 0.1) is 12.8 Å². The Balaban J connectivity index is 1.99. The molecule has 0 radical (unpaired) electrons. The van der Waals surface area contributed by atoms with Crippen LogP contribution in [0.25, 0.3) is 0 Å². The smallest absolute Gasteiger partial charge is 0.189 e. The lowest BCUT2D eigenvalue weighted by molar-refractivity contribution is 0.0969. The average Bonchev–Trinajstić information content (AvgIpc) is 2.68. The van der Waals surface area contributed by atoms with Crippen molar-refractivity contribution in [2.45, 2.75) is 6.04 Å². The SMILES string of the molecule is COc1cccc(NC(C(=O)c2ccccc2)c2ccccc2)c1Cl. The van der Waals surface area contributed by atoms with E-state index in [-0.39, 0.29) is 5.78 Å². The second kappa shape index (κ2) is 7.86. The first-order valence-corrected chi connectivity index (χ1v) is 8.31. The Hall–Kier alpha value is -2.78. The summed E-state index contributed by atoms with van der Waals surface area (Å²) in [6.45, 7) is 0. The van der Waals surface area contributed by atoms with Gasteiger partial charge in [0.15, 0.2) is 5.78 Å². The van der Waals surface area contributed by atoms with Gasteiger partial charge in [-0.25, -0.2) is 0 Å². The molecule has 0 heterocycles. The van der Waals surface area contributed by atoms with Crippen molar-refractivity contribution >= 4 is 23.1 Å². The molecular weight excluding hydrogens is 334 g/mol. The normalized spacial score (nSPS) is 11.6. The Bertz CT molecular complexity index is 850. The molecule has 0 saturated carbocycles. The van der Waals surface area contributed by atoms with Crippen LogP contribution in [-0.2, 0) is 0 Å². The van der Waals surface area contributed by atoms with E-state index in [2.05, 4.69) is 5.32 Å².